The molecule has 0 saturated heterocycles. The van der Waals surface area contributed by atoms with Gasteiger partial charge >= 0.3 is 0 Å². The Morgan fingerprint density at radius 2 is 2.33 bits per heavy atom. The van der Waals surface area contributed by atoms with Gasteiger partial charge in [0.05, 0.1) is 5.69 Å². The van der Waals surface area contributed by atoms with Crippen LogP contribution in [0, 0.1) is 5.92 Å². The molecule has 3 rings (SSSR count). The van der Waals surface area contributed by atoms with Crippen LogP contribution in [-0.4, -0.2) is 12.6 Å². The van der Waals surface area contributed by atoms with Crippen LogP contribution in [0.5, 0.6) is 0 Å². The number of hydrogen-bond donors (Lipinski definition) is 2. The summed E-state index contributed by atoms with van der Waals surface area (Å²) in [6.07, 6.45) is 2.83. The van der Waals surface area contributed by atoms with Gasteiger partial charge in [-0.2, -0.15) is 0 Å². The summed E-state index contributed by atoms with van der Waals surface area (Å²) in [7, 11) is 0. The third-order valence-corrected chi connectivity index (χ3v) is 3.55. The summed E-state index contributed by atoms with van der Waals surface area (Å²) >= 11 is 1.79. The van der Waals surface area contributed by atoms with Crippen LogP contribution in [0.4, 0.5) is 10.7 Å². The van der Waals surface area contributed by atoms with Crippen LogP contribution in [0.3, 0.4) is 0 Å². The van der Waals surface area contributed by atoms with Gasteiger partial charge in [-0.3, -0.25) is 0 Å². The fraction of sp³-hybridized carbons (Fsp3) is 0.556. The van der Waals surface area contributed by atoms with Crippen LogP contribution in [0.25, 0.3) is 0 Å². The van der Waals surface area contributed by atoms with Gasteiger partial charge < -0.3 is 10.6 Å². The summed E-state index contributed by atoms with van der Waals surface area (Å²) in [5.74, 6) is 0.936. The van der Waals surface area contributed by atoms with Crippen molar-refractivity contribution in [2.75, 3.05) is 17.2 Å². The molecule has 1 aromatic rings. The van der Waals surface area contributed by atoms with Crippen LogP contribution >= 0.6 is 11.3 Å². The Bertz CT molecular complexity index is 290. The SMILES string of the molecule is c1cc2c(s1)NCC(C1CC1)N2. The van der Waals surface area contributed by atoms with Gasteiger partial charge in [-0.05, 0) is 30.2 Å². The molecule has 64 valence electrons. The molecule has 1 aliphatic carbocycles. The molecular formula is C9H12N2S. The number of nitrogens with one attached hydrogen (secondary N) is 2. The zero-order valence-electron chi connectivity index (χ0n) is 6.84. The molecule has 2 nitrogen and oxygen atoms in total. The van der Waals surface area contributed by atoms with Crippen molar-refractivity contribution in [1.82, 2.24) is 0 Å². The fourth-order valence-electron chi connectivity index (χ4n) is 1.80. The van der Waals surface area contributed by atoms with Crippen LogP contribution in [0.15, 0.2) is 11.4 Å². The first kappa shape index (κ1) is 6.78. The molecule has 12 heavy (non-hydrogen) atoms. The molecule has 0 radical (unpaired) electrons. The topological polar surface area (TPSA) is 24.1 Å². The molecular weight excluding hydrogens is 168 g/mol. The predicted molar refractivity (Wildman–Crippen MR) is 52.9 cm³/mol. The second kappa shape index (κ2) is 2.39. The Balaban J connectivity index is 1.83. The molecule has 0 bridgehead atoms. The largest absolute Gasteiger partial charge is 0.378 e. The Kier molecular flexibility index (Phi) is 1.35. The standard InChI is InChI=1S/C9H12N2S/c1-2-6(1)8-5-10-9-7(11-8)3-4-12-9/h3-4,6,8,10-11H,1-2,5H2. The van der Waals surface area contributed by atoms with Gasteiger partial charge in [0, 0.05) is 12.6 Å². The van der Waals surface area contributed by atoms with E-state index >= 15 is 0 Å². The quantitative estimate of drug-likeness (QED) is 0.693. The molecule has 1 saturated carbocycles. The number of anilines is 2. The first-order valence-corrected chi connectivity index (χ1v) is 5.39. The van der Waals surface area contributed by atoms with E-state index in [1.807, 2.05) is 0 Å². The Morgan fingerprint density at radius 1 is 1.42 bits per heavy atom. The van der Waals surface area contributed by atoms with Gasteiger partial charge in [-0.15, -0.1) is 11.3 Å². The minimum absolute atomic E-state index is 0.687. The molecule has 0 spiro atoms. The zero-order chi connectivity index (χ0) is 7.97. The van der Waals surface area contributed by atoms with E-state index in [2.05, 4.69) is 22.1 Å². The highest BCUT2D eigenvalue weighted by Gasteiger charge is 2.33. The van der Waals surface area contributed by atoms with E-state index < -0.39 is 0 Å². The molecule has 2 aliphatic rings. The second-order valence-electron chi connectivity index (χ2n) is 3.63. The molecule has 1 unspecified atom stereocenters. The lowest BCUT2D eigenvalue weighted by molar-refractivity contribution is 0.655. The number of rotatable bonds is 1. The second-order valence-corrected chi connectivity index (χ2v) is 4.55. The summed E-state index contributed by atoms with van der Waals surface area (Å²) in [6.45, 7) is 1.11. The minimum Gasteiger partial charge on any atom is -0.378 e. The number of fused-ring (bicyclic) bond motifs is 1. The van der Waals surface area contributed by atoms with E-state index in [0.29, 0.717) is 6.04 Å². The van der Waals surface area contributed by atoms with Crippen molar-refractivity contribution < 1.29 is 0 Å². The monoisotopic (exact) mass is 180 g/mol. The highest BCUT2D eigenvalue weighted by molar-refractivity contribution is 7.14. The first-order chi connectivity index (χ1) is 5.93. The molecule has 0 amide bonds. The minimum atomic E-state index is 0.687. The van der Waals surface area contributed by atoms with Crippen molar-refractivity contribution in [2.45, 2.75) is 18.9 Å². The summed E-state index contributed by atoms with van der Waals surface area (Å²) in [6, 6.07) is 2.86. The molecule has 2 N–H and O–H groups in total. The number of thiophene rings is 1. The van der Waals surface area contributed by atoms with E-state index in [4.69, 9.17) is 0 Å². The van der Waals surface area contributed by atoms with Crippen LogP contribution in [0.2, 0.25) is 0 Å². The lowest BCUT2D eigenvalue weighted by atomic mass is 10.1. The first-order valence-electron chi connectivity index (χ1n) is 4.51. The molecule has 1 atom stereocenters. The maximum Gasteiger partial charge on any atom is 0.112 e. The number of hydrogen-bond acceptors (Lipinski definition) is 3. The molecule has 1 fully saturated rings. The Hall–Kier alpha value is -0.700. The summed E-state index contributed by atoms with van der Waals surface area (Å²) in [4.78, 5) is 0. The molecule has 3 heteroatoms. The van der Waals surface area contributed by atoms with Crippen molar-refractivity contribution in [1.29, 1.82) is 0 Å². The van der Waals surface area contributed by atoms with Crippen LogP contribution in [-0.2, 0) is 0 Å². The average Bonchev–Trinajstić information content (AvgIpc) is 2.84. The summed E-state index contributed by atoms with van der Waals surface area (Å²) < 4.78 is 0. The fourth-order valence-corrected chi connectivity index (χ4v) is 2.56. The summed E-state index contributed by atoms with van der Waals surface area (Å²) in [5, 5.41) is 10.5. The Labute approximate surface area is 76.0 Å². The van der Waals surface area contributed by atoms with Gasteiger partial charge in [0.25, 0.3) is 0 Å². The van der Waals surface area contributed by atoms with E-state index in [0.717, 1.165) is 12.5 Å². The highest BCUT2D eigenvalue weighted by Crippen LogP contribution is 2.39. The van der Waals surface area contributed by atoms with E-state index in [-0.39, 0.29) is 0 Å². The lowest BCUT2D eigenvalue weighted by Gasteiger charge is -2.25. The maximum atomic E-state index is 3.59. The smallest absolute Gasteiger partial charge is 0.112 e. The van der Waals surface area contributed by atoms with E-state index in [9.17, 15) is 0 Å². The summed E-state index contributed by atoms with van der Waals surface area (Å²) in [5.41, 5.74) is 1.31. The van der Waals surface area contributed by atoms with Crippen molar-refractivity contribution in [2.24, 2.45) is 5.92 Å². The van der Waals surface area contributed by atoms with Gasteiger partial charge in [-0.25, -0.2) is 0 Å². The third-order valence-electron chi connectivity index (χ3n) is 2.68. The van der Waals surface area contributed by atoms with E-state index in [1.54, 1.807) is 11.3 Å². The van der Waals surface area contributed by atoms with Gasteiger partial charge in [0.2, 0.25) is 0 Å². The predicted octanol–water partition coefficient (Wildman–Crippen LogP) is 2.36. The van der Waals surface area contributed by atoms with Crippen molar-refractivity contribution in [3.8, 4) is 0 Å². The van der Waals surface area contributed by atoms with Crippen molar-refractivity contribution >= 4 is 22.0 Å². The molecule has 1 aliphatic heterocycles. The van der Waals surface area contributed by atoms with Crippen LogP contribution in [0.1, 0.15) is 12.8 Å². The Morgan fingerprint density at radius 3 is 3.17 bits per heavy atom. The normalized spacial score (nSPS) is 27.2. The zero-order valence-corrected chi connectivity index (χ0v) is 7.66. The third kappa shape index (κ3) is 1.00. The lowest BCUT2D eigenvalue weighted by Crippen LogP contribution is -2.33. The van der Waals surface area contributed by atoms with Gasteiger partial charge in [-0.1, -0.05) is 0 Å². The van der Waals surface area contributed by atoms with Crippen molar-refractivity contribution in [3.05, 3.63) is 11.4 Å². The van der Waals surface area contributed by atoms with Crippen LogP contribution < -0.4 is 10.6 Å². The van der Waals surface area contributed by atoms with Gasteiger partial charge in [0.1, 0.15) is 5.00 Å². The van der Waals surface area contributed by atoms with Crippen molar-refractivity contribution in [3.63, 3.8) is 0 Å². The molecule has 0 aromatic carbocycles. The highest BCUT2D eigenvalue weighted by atomic mass is 32.1. The maximum absolute atomic E-state index is 3.59. The molecule has 2 heterocycles. The average molecular weight is 180 g/mol. The molecule has 1 aromatic heterocycles. The van der Waals surface area contributed by atoms with E-state index in [1.165, 1.54) is 23.5 Å². The van der Waals surface area contributed by atoms with Gasteiger partial charge in [0.15, 0.2) is 0 Å².